The van der Waals surface area contributed by atoms with Crippen LogP contribution in [-0.2, 0) is 14.9 Å². The number of hydrogen-bond acceptors (Lipinski definition) is 6. The largest absolute Gasteiger partial charge is 0.529 e. The highest BCUT2D eigenvalue weighted by molar-refractivity contribution is 5.61. The number of aromatic hydroxyl groups is 2. The minimum absolute atomic E-state index is 0.117. The highest BCUT2D eigenvalue weighted by atomic mass is 19.4. The molecule has 0 aliphatic heterocycles. The Balaban J connectivity index is 2.92. The van der Waals surface area contributed by atoms with Gasteiger partial charge in [0.05, 0.1) is 11.4 Å². The summed E-state index contributed by atoms with van der Waals surface area (Å²) < 4.78 is 141. The first-order valence-corrected chi connectivity index (χ1v) is 8.21. The van der Waals surface area contributed by atoms with Crippen LogP contribution in [-0.4, -0.2) is 35.2 Å². The topological polar surface area (TPSA) is 111 Å². The zero-order valence-electron chi connectivity index (χ0n) is 15.6. The number of phenols is 2. The lowest BCUT2D eigenvalue weighted by atomic mass is 9.72. The number of phenolic OH excluding ortho intramolecular Hbond substituents is 2. The number of halogens is 10. The molecule has 0 heterocycles. The lowest BCUT2D eigenvalue weighted by Gasteiger charge is -2.42. The van der Waals surface area contributed by atoms with E-state index in [0.29, 0.717) is 12.1 Å². The Labute approximate surface area is 176 Å². The quantitative estimate of drug-likeness (QED) is 0.197. The predicted octanol–water partition coefficient (Wildman–Crippen LogP) is 4.81. The summed E-state index contributed by atoms with van der Waals surface area (Å²) >= 11 is 0. The predicted molar refractivity (Wildman–Crippen MR) is 90.0 cm³/mol. The van der Waals surface area contributed by atoms with Crippen molar-refractivity contribution in [2.75, 3.05) is 11.5 Å². The van der Waals surface area contributed by atoms with Gasteiger partial charge in [-0.05, 0) is 35.4 Å². The molecule has 16 heteroatoms. The molecule has 0 amide bonds. The van der Waals surface area contributed by atoms with E-state index in [1.54, 1.807) is 0 Å². The Hall–Kier alpha value is -3.14. The van der Waals surface area contributed by atoms with Crippen molar-refractivity contribution in [1.29, 1.82) is 0 Å². The molecule has 33 heavy (non-hydrogen) atoms. The van der Waals surface area contributed by atoms with Gasteiger partial charge < -0.3 is 21.7 Å². The molecule has 2 aromatic carbocycles. The molecular formula is C17H12F10N2O4. The maximum Gasteiger partial charge on any atom is 0.529 e. The minimum Gasteiger partial charge on any atom is -0.506 e. The van der Waals surface area contributed by atoms with Crippen molar-refractivity contribution < 1.29 is 63.6 Å². The standard InChI is InChI=1S/C17H12F10N2O4/c18-14(19,20)13(7-1-3-11(30)9(28)5-7,8-2-4-12(31)10(29)6-8)15(21,22)32-17(26,27)33-16(23,24)25/h1-6,30-31H,28-29H2. The first-order chi connectivity index (χ1) is 14.7. The van der Waals surface area contributed by atoms with Gasteiger partial charge in [-0.1, -0.05) is 12.1 Å². The van der Waals surface area contributed by atoms with Crippen LogP contribution in [0.3, 0.4) is 0 Å². The van der Waals surface area contributed by atoms with Crippen LogP contribution in [0.5, 0.6) is 11.5 Å². The average Bonchev–Trinajstić information content (AvgIpc) is 2.56. The van der Waals surface area contributed by atoms with Crippen LogP contribution in [0.2, 0.25) is 0 Å². The molecule has 0 fully saturated rings. The van der Waals surface area contributed by atoms with E-state index in [9.17, 15) is 45.3 Å². The maximum atomic E-state index is 15.1. The summed E-state index contributed by atoms with van der Waals surface area (Å²) in [4.78, 5) is 0. The van der Waals surface area contributed by atoms with Gasteiger partial charge in [0.15, 0.2) is 0 Å². The Bertz CT molecular complexity index is 972. The minimum atomic E-state index is -6.30. The third kappa shape index (κ3) is 4.95. The molecule has 0 saturated heterocycles. The SMILES string of the molecule is Nc1cc(C(c2ccc(O)c(N)c2)(C(F)(F)F)C(F)(F)OC(F)(F)OC(F)(F)F)ccc1O. The molecule has 0 aliphatic rings. The highest BCUT2D eigenvalue weighted by Crippen LogP contribution is 2.58. The summed E-state index contributed by atoms with van der Waals surface area (Å²) in [7, 11) is 0. The summed E-state index contributed by atoms with van der Waals surface area (Å²) in [5.74, 6) is -1.79. The van der Waals surface area contributed by atoms with Gasteiger partial charge in [-0.2, -0.15) is 26.7 Å². The van der Waals surface area contributed by atoms with Gasteiger partial charge in [-0.15, -0.1) is 22.0 Å². The number of hydrogen-bond donors (Lipinski definition) is 4. The number of nitrogens with two attached hydrogens (primary N) is 2. The van der Waals surface area contributed by atoms with Crippen molar-refractivity contribution in [3.05, 3.63) is 47.5 Å². The van der Waals surface area contributed by atoms with Crippen LogP contribution in [0.1, 0.15) is 11.1 Å². The van der Waals surface area contributed by atoms with Crippen molar-refractivity contribution >= 4 is 11.4 Å². The van der Waals surface area contributed by atoms with E-state index in [0.717, 1.165) is 0 Å². The second-order valence-corrected chi connectivity index (χ2v) is 6.42. The first-order valence-electron chi connectivity index (χ1n) is 8.21. The third-order valence-corrected chi connectivity index (χ3v) is 4.26. The molecule has 2 aromatic rings. The van der Waals surface area contributed by atoms with E-state index >= 15 is 8.78 Å². The van der Waals surface area contributed by atoms with Crippen molar-refractivity contribution in [3.8, 4) is 11.5 Å². The molecule has 0 radical (unpaired) electrons. The molecule has 0 spiro atoms. The number of benzene rings is 2. The van der Waals surface area contributed by atoms with Crippen LogP contribution in [0.25, 0.3) is 0 Å². The molecular weight excluding hydrogens is 486 g/mol. The second-order valence-electron chi connectivity index (χ2n) is 6.42. The highest BCUT2D eigenvalue weighted by Gasteiger charge is 2.75. The number of nitrogen functional groups attached to an aromatic ring is 2. The van der Waals surface area contributed by atoms with Crippen LogP contribution in [0, 0.1) is 0 Å². The molecule has 6 nitrogen and oxygen atoms in total. The van der Waals surface area contributed by atoms with E-state index in [4.69, 9.17) is 11.5 Å². The molecule has 6 N–H and O–H groups in total. The number of ether oxygens (including phenoxy) is 2. The number of rotatable bonds is 6. The summed E-state index contributed by atoms with van der Waals surface area (Å²) in [6, 6.07) is 1.42. The van der Waals surface area contributed by atoms with Gasteiger partial charge in [0.2, 0.25) is 5.41 Å². The normalized spacial score (nSPS) is 13.9. The molecule has 0 aromatic heterocycles. The Morgan fingerprint density at radius 2 is 1.03 bits per heavy atom. The molecule has 0 bridgehead atoms. The van der Waals surface area contributed by atoms with Gasteiger partial charge in [0, 0.05) is 0 Å². The van der Waals surface area contributed by atoms with Gasteiger partial charge >= 0.3 is 24.9 Å². The zero-order valence-corrected chi connectivity index (χ0v) is 15.6. The summed E-state index contributed by atoms with van der Waals surface area (Å²) in [6.45, 7) is 0. The zero-order chi connectivity index (χ0) is 25.6. The van der Waals surface area contributed by atoms with Crippen LogP contribution >= 0.6 is 0 Å². The third-order valence-electron chi connectivity index (χ3n) is 4.26. The van der Waals surface area contributed by atoms with E-state index < -0.39 is 64.4 Å². The fourth-order valence-corrected chi connectivity index (χ4v) is 2.95. The van der Waals surface area contributed by atoms with E-state index in [2.05, 4.69) is 9.47 Å². The van der Waals surface area contributed by atoms with Crippen molar-refractivity contribution in [1.82, 2.24) is 0 Å². The number of anilines is 2. The van der Waals surface area contributed by atoms with Crippen molar-refractivity contribution in [2.24, 2.45) is 0 Å². The average molecular weight is 498 g/mol. The van der Waals surface area contributed by atoms with E-state index in [1.165, 1.54) is 0 Å². The lowest BCUT2D eigenvalue weighted by Crippen LogP contribution is -2.60. The Morgan fingerprint density at radius 3 is 1.33 bits per heavy atom. The van der Waals surface area contributed by atoms with Crippen molar-refractivity contribution in [2.45, 2.75) is 30.4 Å². The first kappa shape index (κ1) is 26.1. The van der Waals surface area contributed by atoms with Crippen LogP contribution < -0.4 is 11.5 Å². The van der Waals surface area contributed by atoms with Crippen LogP contribution in [0.4, 0.5) is 55.3 Å². The molecule has 0 unspecified atom stereocenters. The second kappa shape index (κ2) is 8.02. The molecule has 0 aliphatic carbocycles. The fraction of sp³-hybridized carbons (Fsp3) is 0.294. The smallest absolute Gasteiger partial charge is 0.506 e. The summed E-state index contributed by atoms with van der Waals surface area (Å²) in [5, 5.41) is 18.9. The molecule has 0 atom stereocenters. The van der Waals surface area contributed by atoms with Crippen LogP contribution in [0.15, 0.2) is 36.4 Å². The summed E-state index contributed by atoms with van der Waals surface area (Å²) in [6.07, 6.45) is -25.1. The molecule has 2 rings (SSSR count). The van der Waals surface area contributed by atoms with E-state index in [-0.39, 0.29) is 24.3 Å². The van der Waals surface area contributed by atoms with Crippen molar-refractivity contribution in [3.63, 3.8) is 0 Å². The summed E-state index contributed by atoms with van der Waals surface area (Å²) in [5.41, 5.74) is 0.387. The monoisotopic (exact) mass is 498 g/mol. The lowest BCUT2D eigenvalue weighted by molar-refractivity contribution is -0.544. The van der Waals surface area contributed by atoms with Gasteiger partial charge in [0.1, 0.15) is 11.5 Å². The van der Waals surface area contributed by atoms with Gasteiger partial charge in [-0.25, -0.2) is 4.74 Å². The van der Waals surface area contributed by atoms with Gasteiger partial charge in [-0.3, -0.25) is 0 Å². The maximum absolute atomic E-state index is 15.1. The Kier molecular flexibility index (Phi) is 6.34. The van der Waals surface area contributed by atoms with E-state index in [1.807, 2.05) is 0 Å². The number of alkyl halides is 10. The van der Waals surface area contributed by atoms with Gasteiger partial charge in [0.25, 0.3) is 0 Å². The molecule has 0 saturated carbocycles. The Morgan fingerprint density at radius 1 is 0.636 bits per heavy atom. The fourth-order valence-electron chi connectivity index (χ4n) is 2.95. The molecule has 184 valence electrons.